The van der Waals surface area contributed by atoms with E-state index >= 15 is 4.39 Å². The van der Waals surface area contributed by atoms with E-state index in [4.69, 9.17) is 4.74 Å². The molecule has 1 aromatic heterocycles. The third kappa shape index (κ3) is 3.39. The molecule has 3 heterocycles. The van der Waals surface area contributed by atoms with Crippen LogP contribution in [-0.4, -0.2) is 60.7 Å². The van der Waals surface area contributed by atoms with Crippen LogP contribution in [0.2, 0.25) is 0 Å². The summed E-state index contributed by atoms with van der Waals surface area (Å²) in [7, 11) is 1.57. The standard InChI is InChI=1S/C18H16F4N4O5/c1-24-7-31-15-12-9(14(27)10(16(28)29)6-26(12)24)4-11(19)13(15)25-3-2-8(5-25)23-17(30)18(20,21)22/h4,6,8H,2-3,5,7H2,1H3,(H,23,30)(H,28,29)/t8-/m0/s1. The number of ether oxygens (including phenoxy) is 1. The Hall–Kier alpha value is -3.51. The van der Waals surface area contributed by atoms with Gasteiger partial charge >= 0.3 is 18.1 Å². The zero-order valence-corrected chi connectivity index (χ0v) is 16.0. The number of alkyl halides is 3. The maximum absolute atomic E-state index is 15.1. The molecule has 2 aliphatic heterocycles. The van der Waals surface area contributed by atoms with Gasteiger partial charge in [-0.05, 0) is 12.5 Å². The molecule has 0 saturated carbocycles. The monoisotopic (exact) mass is 444 g/mol. The smallest absolute Gasteiger partial charge is 0.471 e. The van der Waals surface area contributed by atoms with Gasteiger partial charge in [0.05, 0.1) is 5.39 Å². The van der Waals surface area contributed by atoms with Gasteiger partial charge in [0, 0.05) is 32.4 Å². The summed E-state index contributed by atoms with van der Waals surface area (Å²) in [5.41, 5.74) is -1.36. The normalized spacial score (nSPS) is 18.3. The van der Waals surface area contributed by atoms with Crippen LogP contribution in [0.4, 0.5) is 23.2 Å². The molecule has 0 spiro atoms. The Morgan fingerprint density at radius 3 is 2.68 bits per heavy atom. The third-order valence-electron chi connectivity index (χ3n) is 5.24. The number of anilines is 1. The molecule has 9 nitrogen and oxygen atoms in total. The molecule has 1 saturated heterocycles. The van der Waals surface area contributed by atoms with Crippen molar-refractivity contribution in [2.75, 3.05) is 36.8 Å². The highest BCUT2D eigenvalue weighted by molar-refractivity contribution is 5.97. The van der Waals surface area contributed by atoms with Crippen LogP contribution in [0, 0.1) is 5.82 Å². The van der Waals surface area contributed by atoms with Gasteiger partial charge in [-0.3, -0.25) is 19.3 Å². The summed E-state index contributed by atoms with van der Waals surface area (Å²) in [5, 5.41) is 12.4. The fourth-order valence-electron chi connectivity index (χ4n) is 3.82. The molecule has 13 heteroatoms. The second-order valence-electron chi connectivity index (χ2n) is 7.29. The van der Waals surface area contributed by atoms with E-state index in [1.807, 2.05) is 5.32 Å². The summed E-state index contributed by atoms with van der Waals surface area (Å²) in [5.74, 6) is -4.46. The van der Waals surface area contributed by atoms with Crippen molar-refractivity contribution >= 4 is 28.5 Å². The highest BCUT2D eigenvalue weighted by atomic mass is 19.4. The molecular weight excluding hydrogens is 428 g/mol. The molecule has 0 radical (unpaired) electrons. The highest BCUT2D eigenvalue weighted by Crippen LogP contribution is 2.41. The Morgan fingerprint density at radius 2 is 2.03 bits per heavy atom. The quantitative estimate of drug-likeness (QED) is 0.682. The van der Waals surface area contributed by atoms with E-state index in [1.165, 1.54) is 14.6 Å². The van der Waals surface area contributed by atoms with Gasteiger partial charge in [-0.1, -0.05) is 0 Å². The lowest BCUT2D eigenvalue weighted by atomic mass is 10.1. The molecule has 1 fully saturated rings. The summed E-state index contributed by atoms with van der Waals surface area (Å²) >= 11 is 0. The molecule has 1 amide bonds. The third-order valence-corrected chi connectivity index (χ3v) is 5.24. The minimum atomic E-state index is -5.03. The van der Waals surface area contributed by atoms with Crippen LogP contribution in [0.15, 0.2) is 17.1 Å². The zero-order valence-electron chi connectivity index (χ0n) is 16.0. The highest BCUT2D eigenvalue weighted by Gasteiger charge is 2.41. The molecule has 0 aliphatic carbocycles. The summed E-state index contributed by atoms with van der Waals surface area (Å²) in [6.07, 6.45) is -3.78. The lowest BCUT2D eigenvalue weighted by molar-refractivity contribution is -0.174. The number of halogens is 4. The number of carbonyl (C=O) groups is 2. The van der Waals surface area contributed by atoms with Crippen molar-refractivity contribution in [3.05, 3.63) is 33.9 Å². The number of rotatable bonds is 3. The lowest BCUT2D eigenvalue weighted by Crippen LogP contribution is -2.44. The van der Waals surface area contributed by atoms with Crippen LogP contribution < -0.4 is 25.4 Å². The number of hydrogen-bond acceptors (Lipinski definition) is 6. The predicted molar refractivity (Wildman–Crippen MR) is 99.6 cm³/mol. The number of hydrogen-bond donors (Lipinski definition) is 2. The van der Waals surface area contributed by atoms with Gasteiger partial charge in [0.25, 0.3) is 0 Å². The molecular formula is C18H16F4N4O5. The maximum atomic E-state index is 15.1. The first-order valence-electron chi connectivity index (χ1n) is 9.11. The van der Waals surface area contributed by atoms with E-state index in [0.717, 1.165) is 12.3 Å². The Balaban J connectivity index is 1.78. The fraction of sp³-hybridized carbons (Fsp3) is 0.389. The topological polar surface area (TPSA) is 104 Å². The number of pyridine rings is 1. The molecule has 1 aromatic carbocycles. The average Bonchev–Trinajstić information content (AvgIpc) is 3.12. The van der Waals surface area contributed by atoms with Crippen LogP contribution in [0.3, 0.4) is 0 Å². The minimum absolute atomic E-state index is 0.0232. The second kappa shape index (κ2) is 7.03. The average molecular weight is 444 g/mol. The largest absolute Gasteiger partial charge is 0.477 e. The van der Waals surface area contributed by atoms with E-state index in [9.17, 15) is 32.7 Å². The van der Waals surface area contributed by atoms with Gasteiger partial charge in [-0.15, -0.1) is 0 Å². The molecule has 2 N–H and O–H groups in total. The van der Waals surface area contributed by atoms with E-state index in [-0.39, 0.29) is 48.6 Å². The van der Waals surface area contributed by atoms with Crippen molar-refractivity contribution in [3.63, 3.8) is 0 Å². The lowest BCUT2D eigenvalue weighted by Gasteiger charge is -2.33. The first-order valence-corrected chi connectivity index (χ1v) is 9.11. The molecule has 166 valence electrons. The van der Waals surface area contributed by atoms with Gasteiger partial charge in [-0.2, -0.15) is 13.2 Å². The Bertz CT molecular complexity index is 1160. The van der Waals surface area contributed by atoms with Crippen molar-refractivity contribution in [1.82, 2.24) is 9.99 Å². The Kier molecular flexibility index (Phi) is 4.70. The van der Waals surface area contributed by atoms with Crippen molar-refractivity contribution in [2.24, 2.45) is 0 Å². The van der Waals surface area contributed by atoms with Gasteiger partial charge < -0.3 is 20.1 Å². The van der Waals surface area contributed by atoms with Crippen LogP contribution >= 0.6 is 0 Å². The van der Waals surface area contributed by atoms with Crippen molar-refractivity contribution in [2.45, 2.75) is 18.6 Å². The number of carboxylic acid groups (broad SMARTS) is 1. The van der Waals surface area contributed by atoms with Crippen molar-refractivity contribution < 1.29 is 37.0 Å². The zero-order chi connectivity index (χ0) is 22.7. The van der Waals surface area contributed by atoms with E-state index < -0.39 is 40.9 Å². The minimum Gasteiger partial charge on any atom is -0.477 e. The maximum Gasteiger partial charge on any atom is 0.471 e. The van der Waals surface area contributed by atoms with Crippen LogP contribution in [0.25, 0.3) is 10.9 Å². The number of amides is 1. The molecule has 0 unspecified atom stereocenters. The van der Waals surface area contributed by atoms with Crippen LogP contribution in [-0.2, 0) is 4.79 Å². The number of benzene rings is 1. The van der Waals surface area contributed by atoms with E-state index in [2.05, 4.69) is 0 Å². The number of nitrogens with one attached hydrogen (secondary N) is 1. The van der Waals surface area contributed by atoms with Crippen molar-refractivity contribution in [3.8, 4) is 5.75 Å². The number of carboxylic acids is 1. The van der Waals surface area contributed by atoms with Gasteiger partial charge in [0.15, 0.2) is 18.3 Å². The SMILES string of the molecule is CN1COc2c(N3CC[C@H](NC(=O)C(F)(F)F)C3)c(F)cc3c(=O)c(C(=O)O)cn1c23. The van der Waals surface area contributed by atoms with Gasteiger partial charge in [0.2, 0.25) is 5.43 Å². The molecule has 2 aliphatic rings. The fourth-order valence-corrected chi connectivity index (χ4v) is 3.82. The Labute approximate surface area is 171 Å². The second-order valence-corrected chi connectivity index (χ2v) is 7.29. The molecule has 31 heavy (non-hydrogen) atoms. The predicted octanol–water partition coefficient (Wildman–Crippen LogP) is 1.01. The van der Waals surface area contributed by atoms with E-state index in [1.54, 1.807) is 7.05 Å². The first-order chi connectivity index (χ1) is 14.5. The molecule has 1 atom stereocenters. The first kappa shape index (κ1) is 20.8. The van der Waals surface area contributed by atoms with Gasteiger partial charge in [0.1, 0.15) is 16.8 Å². The summed E-state index contributed by atoms with van der Waals surface area (Å²) < 4.78 is 59.6. The number of aromatic nitrogens is 1. The summed E-state index contributed by atoms with van der Waals surface area (Å²) in [6, 6.07) is 0.0307. The van der Waals surface area contributed by atoms with E-state index in [0.29, 0.717) is 0 Å². The summed E-state index contributed by atoms with van der Waals surface area (Å²) in [4.78, 5) is 36.6. The molecule has 0 bridgehead atoms. The molecule has 2 aromatic rings. The number of nitrogens with zero attached hydrogens (tertiary/aromatic N) is 3. The van der Waals surface area contributed by atoms with Crippen LogP contribution in [0.1, 0.15) is 16.8 Å². The van der Waals surface area contributed by atoms with Gasteiger partial charge in [-0.25, -0.2) is 9.18 Å². The van der Waals surface area contributed by atoms with Crippen LogP contribution in [0.5, 0.6) is 5.75 Å². The van der Waals surface area contributed by atoms with Crippen molar-refractivity contribution in [1.29, 1.82) is 0 Å². The molecule has 4 rings (SSSR count). The summed E-state index contributed by atoms with van der Waals surface area (Å²) in [6.45, 7) is -0.0642. The Morgan fingerprint density at radius 1 is 1.32 bits per heavy atom. The number of aromatic carboxylic acids is 1. The number of carbonyl (C=O) groups excluding carboxylic acids is 1.